The van der Waals surface area contributed by atoms with Crippen LogP contribution in [0.15, 0.2) is 30.3 Å². The molecule has 20 heavy (non-hydrogen) atoms. The molecule has 1 aromatic carbocycles. The summed E-state index contributed by atoms with van der Waals surface area (Å²) in [7, 11) is 1.21. The van der Waals surface area contributed by atoms with Crippen LogP contribution in [0.1, 0.15) is 12.0 Å². The van der Waals surface area contributed by atoms with Crippen molar-refractivity contribution in [2.45, 2.75) is 25.1 Å². The van der Waals surface area contributed by atoms with Gasteiger partial charge in [-0.25, -0.2) is 4.79 Å². The lowest BCUT2D eigenvalue weighted by molar-refractivity contribution is -0.893. The van der Waals surface area contributed by atoms with E-state index in [0.717, 1.165) is 5.56 Å². The van der Waals surface area contributed by atoms with Gasteiger partial charge in [0.2, 0.25) is 0 Å². The Morgan fingerprint density at radius 1 is 1.40 bits per heavy atom. The Hall–Kier alpha value is -1.92. The van der Waals surface area contributed by atoms with Crippen molar-refractivity contribution in [1.29, 1.82) is 0 Å². The molecule has 1 unspecified atom stereocenters. The number of nitrogens with zero attached hydrogens (tertiary/aromatic N) is 1. The van der Waals surface area contributed by atoms with Crippen LogP contribution >= 0.6 is 0 Å². The number of benzene rings is 1. The van der Waals surface area contributed by atoms with Gasteiger partial charge in [0.15, 0.2) is 6.04 Å². The zero-order chi connectivity index (χ0) is 14.8. The van der Waals surface area contributed by atoms with E-state index in [0.29, 0.717) is 0 Å². The Kier molecular flexibility index (Phi) is 4.06. The molecule has 0 aromatic heterocycles. The van der Waals surface area contributed by atoms with Crippen molar-refractivity contribution in [3.05, 3.63) is 35.9 Å². The molecule has 3 atom stereocenters. The Labute approximate surface area is 116 Å². The van der Waals surface area contributed by atoms with Gasteiger partial charge >= 0.3 is 5.97 Å². The lowest BCUT2D eigenvalue weighted by Gasteiger charge is -2.37. The van der Waals surface area contributed by atoms with E-state index >= 15 is 0 Å². The lowest BCUT2D eigenvalue weighted by atomic mass is 10.1. The quantitative estimate of drug-likeness (QED) is 0.604. The molecule has 0 saturated carbocycles. The highest BCUT2D eigenvalue weighted by Crippen LogP contribution is 2.31. The summed E-state index contributed by atoms with van der Waals surface area (Å²) in [5.41, 5.74) is 0.764. The smallest absolute Gasteiger partial charge is 0.365 e. The third kappa shape index (κ3) is 2.52. The van der Waals surface area contributed by atoms with E-state index in [9.17, 15) is 19.8 Å². The highest BCUT2D eigenvalue weighted by molar-refractivity contribution is 5.77. The van der Waals surface area contributed by atoms with Crippen LogP contribution in [-0.2, 0) is 16.1 Å². The third-order valence-corrected chi connectivity index (χ3v) is 3.77. The summed E-state index contributed by atoms with van der Waals surface area (Å²) < 4.78 is 4.04. The number of hydrogen-bond acceptors (Lipinski definition) is 5. The molecule has 1 heterocycles. The minimum absolute atomic E-state index is 0.0585. The number of likely N-dealkylation sites (tertiary alicyclic amines) is 1. The van der Waals surface area contributed by atoms with E-state index in [4.69, 9.17) is 0 Å². The van der Waals surface area contributed by atoms with Gasteiger partial charge in [-0.3, -0.25) is 4.48 Å². The predicted octanol–water partition coefficient (Wildman–Crippen LogP) is -0.347. The van der Waals surface area contributed by atoms with Crippen molar-refractivity contribution in [3.8, 4) is 0 Å². The second-order valence-corrected chi connectivity index (χ2v) is 5.05. The van der Waals surface area contributed by atoms with Gasteiger partial charge in [0.1, 0.15) is 19.2 Å². The number of carbonyl (C=O) groups is 2. The molecule has 1 aliphatic heterocycles. The maximum absolute atomic E-state index is 11.8. The Morgan fingerprint density at radius 3 is 2.60 bits per heavy atom. The number of ether oxygens (including phenoxy) is 1. The van der Waals surface area contributed by atoms with Crippen LogP contribution in [-0.4, -0.2) is 47.5 Å². The van der Waals surface area contributed by atoms with Gasteiger partial charge in [0, 0.05) is 12.0 Å². The first kappa shape index (κ1) is 14.5. The molecule has 0 radical (unpaired) electrons. The summed E-state index contributed by atoms with van der Waals surface area (Å²) in [5, 5.41) is 21.4. The molecule has 1 amide bonds. The molecular weight excluding hydrogens is 262 g/mol. The number of amides is 1. The second kappa shape index (κ2) is 5.60. The minimum Gasteiger partial charge on any atom is -0.498 e. The first-order valence-corrected chi connectivity index (χ1v) is 6.37. The molecule has 1 aromatic rings. The van der Waals surface area contributed by atoms with Gasteiger partial charge in [-0.15, -0.1) is 0 Å². The van der Waals surface area contributed by atoms with Crippen molar-refractivity contribution in [3.63, 3.8) is 0 Å². The normalized spacial score (nSPS) is 29.1. The zero-order valence-electron chi connectivity index (χ0n) is 11.2. The van der Waals surface area contributed by atoms with Gasteiger partial charge in [-0.1, -0.05) is 30.3 Å². The van der Waals surface area contributed by atoms with Crippen molar-refractivity contribution >= 4 is 12.1 Å². The summed E-state index contributed by atoms with van der Waals surface area (Å²) in [6, 6.07) is 8.02. The molecule has 0 aliphatic carbocycles. The number of aliphatic hydroxyl groups is 1. The highest BCUT2D eigenvalue weighted by Gasteiger charge is 2.52. The van der Waals surface area contributed by atoms with E-state index in [2.05, 4.69) is 4.74 Å². The first-order chi connectivity index (χ1) is 9.49. The molecule has 108 valence electrons. The fraction of sp³-hybridized carbons (Fsp3) is 0.429. The van der Waals surface area contributed by atoms with Crippen molar-refractivity contribution in [2.24, 2.45) is 0 Å². The highest BCUT2D eigenvalue weighted by atomic mass is 16.5. The SMILES string of the molecule is COC(=O)[C@@H]1C[C@@H](O)C[N+]1(Cc1ccccc1)C(=O)[O-]. The van der Waals surface area contributed by atoms with Crippen LogP contribution in [0.2, 0.25) is 0 Å². The fourth-order valence-electron chi connectivity index (χ4n) is 2.82. The lowest BCUT2D eigenvalue weighted by Crippen LogP contribution is -2.63. The summed E-state index contributed by atoms with van der Waals surface area (Å²) in [5.74, 6) is -0.637. The number of hydrogen-bond donors (Lipinski definition) is 1. The Balaban J connectivity index is 2.37. The maximum atomic E-state index is 11.8. The average molecular weight is 279 g/mol. The van der Waals surface area contributed by atoms with E-state index in [1.807, 2.05) is 6.07 Å². The standard InChI is InChI=1S/C14H17NO5/c1-20-13(17)12-7-11(16)9-15(12,14(18)19)8-10-5-3-2-4-6-10/h2-6,11-12,16H,7-9H2,1H3/t11-,12+,15?/m1/s1. The van der Waals surface area contributed by atoms with Crippen LogP contribution in [0, 0.1) is 0 Å². The number of rotatable bonds is 3. The van der Waals surface area contributed by atoms with Crippen LogP contribution in [0.5, 0.6) is 0 Å². The summed E-state index contributed by atoms with van der Waals surface area (Å²) in [6.07, 6.45) is -2.17. The summed E-state index contributed by atoms with van der Waals surface area (Å²) >= 11 is 0. The molecule has 1 saturated heterocycles. The molecule has 2 rings (SSSR count). The molecule has 1 N–H and O–H groups in total. The van der Waals surface area contributed by atoms with Crippen LogP contribution < -0.4 is 5.11 Å². The molecule has 1 aliphatic rings. The molecule has 6 heteroatoms. The predicted molar refractivity (Wildman–Crippen MR) is 67.1 cm³/mol. The summed E-state index contributed by atoms with van der Waals surface area (Å²) in [4.78, 5) is 23.5. The number of methoxy groups -OCH3 is 1. The van der Waals surface area contributed by atoms with Crippen LogP contribution in [0.25, 0.3) is 0 Å². The number of carboxylic acid groups (broad SMARTS) is 1. The van der Waals surface area contributed by atoms with Crippen molar-refractivity contribution in [2.75, 3.05) is 13.7 Å². The number of quaternary nitrogens is 1. The number of aliphatic hydroxyl groups excluding tert-OH is 1. The van der Waals surface area contributed by atoms with E-state index < -0.39 is 28.7 Å². The minimum atomic E-state index is -1.37. The molecule has 0 spiro atoms. The number of esters is 1. The third-order valence-electron chi connectivity index (χ3n) is 3.77. The van der Waals surface area contributed by atoms with Crippen LogP contribution in [0.3, 0.4) is 0 Å². The Bertz CT molecular complexity index is 504. The van der Waals surface area contributed by atoms with Crippen LogP contribution in [0.4, 0.5) is 4.79 Å². The van der Waals surface area contributed by atoms with Gasteiger partial charge < -0.3 is 19.7 Å². The molecule has 0 bridgehead atoms. The van der Waals surface area contributed by atoms with E-state index in [1.165, 1.54) is 7.11 Å². The monoisotopic (exact) mass is 279 g/mol. The molecular formula is C14H17NO5. The molecule has 6 nitrogen and oxygen atoms in total. The average Bonchev–Trinajstić information content (AvgIpc) is 2.77. The fourth-order valence-corrected chi connectivity index (χ4v) is 2.82. The van der Waals surface area contributed by atoms with Gasteiger partial charge in [0.25, 0.3) is 6.09 Å². The van der Waals surface area contributed by atoms with Gasteiger partial charge in [0.05, 0.1) is 7.11 Å². The van der Waals surface area contributed by atoms with Gasteiger partial charge in [-0.05, 0) is 0 Å². The van der Waals surface area contributed by atoms with E-state index in [-0.39, 0.29) is 19.5 Å². The van der Waals surface area contributed by atoms with E-state index in [1.54, 1.807) is 24.3 Å². The van der Waals surface area contributed by atoms with Crippen molar-refractivity contribution in [1.82, 2.24) is 0 Å². The topological polar surface area (TPSA) is 86.7 Å². The Morgan fingerprint density at radius 2 is 2.05 bits per heavy atom. The first-order valence-electron chi connectivity index (χ1n) is 6.37. The molecule has 1 fully saturated rings. The largest absolute Gasteiger partial charge is 0.498 e. The maximum Gasteiger partial charge on any atom is 0.365 e. The van der Waals surface area contributed by atoms with Gasteiger partial charge in [-0.2, -0.15) is 0 Å². The summed E-state index contributed by atoms with van der Waals surface area (Å²) in [6.45, 7) is 0.0248. The number of carbonyl (C=O) groups excluding carboxylic acids is 2. The zero-order valence-corrected chi connectivity index (χ0v) is 11.2. The second-order valence-electron chi connectivity index (χ2n) is 5.05. The van der Waals surface area contributed by atoms with Crippen molar-refractivity contribution < 1.29 is 29.0 Å².